The van der Waals surface area contributed by atoms with Crippen molar-refractivity contribution in [2.45, 2.75) is 0 Å². The van der Waals surface area contributed by atoms with E-state index in [1.54, 1.807) is 0 Å². The highest BCUT2D eigenvalue weighted by Crippen LogP contribution is 2.25. The molecule has 1 heteroatoms. The predicted molar refractivity (Wildman–Crippen MR) is 62.0 cm³/mol. The summed E-state index contributed by atoms with van der Waals surface area (Å²) in [6.07, 6.45) is 0. The molecule has 0 bridgehead atoms. The molecule has 64 valence electrons. The van der Waals surface area contributed by atoms with Gasteiger partial charge in [0.1, 0.15) is 0 Å². The van der Waals surface area contributed by atoms with Crippen molar-refractivity contribution < 1.29 is 0 Å². The van der Waals surface area contributed by atoms with Gasteiger partial charge in [-0.05, 0) is 16.3 Å². The lowest BCUT2D eigenvalue weighted by molar-refractivity contribution is 1.71. The fourth-order valence-electron chi connectivity index (χ4n) is 1.48. The van der Waals surface area contributed by atoms with Crippen molar-refractivity contribution >= 4 is 28.3 Å². The molecule has 0 saturated carbocycles. The molecule has 0 aliphatic rings. The fourth-order valence-corrected chi connectivity index (χ4v) is 1.67. The van der Waals surface area contributed by atoms with Crippen LogP contribution < -0.4 is 0 Å². The van der Waals surface area contributed by atoms with Crippen molar-refractivity contribution in [3.8, 4) is 0 Å². The number of rotatable bonds is 1. The van der Waals surface area contributed by atoms with Gasteiger partial charge in [-0.3, -0.25) is 0 Å². The first-order valence-electron chi connectivity index (χ1n) is 4.15. The van der Waals surface area contributed by atoms with Crippen LogP contribution in [-0.4, -0.2) is 0 Å². The van der Waals surface area contributed by atoms with Crippen LogP contribution in [0.1, 0.15) is 5.56 Å². The highest BCUT2D eigenvalue weighted by Gasteiger charge is 1.99. The van der Waals surface area contributed by atoms with Crippen molar-refractivity contribution in [2.75, 3.05) is 0 Å². The van der Waals surface area contributed by atoms with E-state index in [-0.39, 0.29) is 0 Å². The van der Waals surface area contributed by atoms with E-state index in [0.717, 1.165) is 10.5 Å². The molecule has 0 fully saturated rings. The van der Waals surface area contributed by atoms with Crippen molar-refractivity contribution in [2.24, 2.45) is 0 Å². The average molecular weight is 186 g/mol. The minimum atomic E-state index is 0.816. The molecule has 0 aliphatic heterocycles. The van der Waals surface area contributed by atoms with Crippen molar-refractivity contribution in [1.82, 2.24) is 0 Å². The van der Waals surface area contributed by atoms with Gasteiger partial charge < -0.3 is 0 Å². The molecule has 0 aromatic heterocycles. The van der Waals surface area contributed by atoms with Gasteiger partial charge in [-0.25, -0.2) is 0 Å². The molecule has 0 unspecified atom stereocenters. The Morgan fingerprint density at radius 1 is 1.00 bits per heavy atom. The molecule has 0 aliphatic carbocycles. The summed E-state index contributed by atoms with van der Waals surface area (Å²) in [5.74, 6) is 0. The van der Waals surface area contributed by atoms with E-state index in [1.807, 2.05) is 24.3 Å². The number of thiol groups is 1. The van der Waals surface area contributed by atoms with Crippen LogP contribution in [0.2, 0.25) is 0 Å². The summed E-state index contributed by atoms with van der Waals surface area (Å²) in [4.78, 5) is 0.816. The maximum atomic E-state index is 4.27. The minimum Gasteiger partial charge on any atom is -0.143 e. The molecule has 0 spiro atoms. The first-order chi connectivity index (χ1) is 6.29. The third kappa shape index (κ3) is 1.47. The van der Waals surface area contributed by atoms with Crippen molar-refractivity contribution in [3.63, 3.8) is 0 Å². The van der Waals surface area contributed by atoms with Gasteiger partial charge in [0.25, 0.3) is 0 Å². The largest absolute Gasteiger partial charge is 0.143 e. The zero-order valence-corrected chi connectivity index (χ0v) is 8.09. The zero-order valence-electron chi connectivity index (χ0n) is 7.20. The van der Waals surface area contributed by atoms with Gasteiger partial charge in [-0.2, -0.15) is 0 Å². The Labute approximate surface area is 83.3 Å². The summed E-state index contributed by atoms with van der Waals surface area (Å²) in [6.45, 7) is 3.84. The second-order valence-electron chi connectivity index (χ2n) is 2.97. The Balaban J connectivity index is 2.83. The number of hydrogen-bond donors (Lipinski definition) is 1. The van der Waals surface area contributed by atoms with E-state index < -0.39 is 0 Å². The maximum absolute atomic E-state index is 4.27. The fraction of sp³-hybridized carbons (Fsp3) is 0. The van der Waals surface area contributed by atoms with Gasteiger partial charge >= 0.3 is 0 Å². The lowest BCUT2D eigenvalue weighted by atomic mass is 10.0. The Morgan fingerprint density at radius 2 is 1.69 bits per heavy atom. The highest BCUT2D eigenvalue weighted by molar-refractivity contribution is 7.90. The van der Waals surface area contributed by atoms with Crippen LogP contribution in [0.15, 0.2) is 49.0 Å². The molecule has 0 amide bonds. The summed E-state index contributed by atoms with van der Waals surface area (Å²) in [7, 11) is 0. The highest BCUT2D eigenvalue weighted by atomic mass is 32.1. The van der Waals surface area contributed by atoms with Gasteiger partial charge in [0, 0.05) is 4.91 Å². The Bertz CT molecular complexity index is 452. The van der Waals surface area contributed by atoms with Crippen LogP contribution in [0.4, 0.5) is 0 Å². The van der Waals surface area contributed by atoms with Crippen LogP contribution in [0.5, 0.6) is 0 Å². The van der Waals surface area contributed by atoms with E-state index >= 15 is 0 Å². The lowest BCUT2D eigenvalue weighted by Crippen LogP contribution is -1.79. The molecule has 2 rings (SSSR count). The first-order valence-corrected chi connectivity index (χ1v) is 4.60. The van der Waals surface area contributed by atoms with Crippen LogP contribution in [-0.2, 0) is 0 Å². The van der Waals surface area contributed by atoms with Gasteiger partial charge in [-0.1, -0.05) is 49.0 Å². The number of hydrogen-bond acceptors (Lipinski definition) is 1. The van der Waals surface area contributed by atoms with E-state index in [0.29, 0.717) is 0 Å². The second kappa shape index (κ2) is 3.27. The van der Waals surface area contributed by atoms with E-state index in [4.69, 9.17) is 0 Å². The van der Waals surface area contributed by atoms with E-state index in [2.05, 4.69) is 37.4 Å². The van der Waals surface area contributed by atoms with Crippen molar-refractivity contribution in [3.05, 3.63) is 54.6 Å². The molecule has 0 radical (unpaired) electrons. The number of fused-ring (bicyclic) bond motifs is 1. The molecule has 0 heterocycles. The summed E-state index contributed by atoms with van der Waals surface area (Å²) in [6, 6.07) is 14.4. The van der Waals surface area contributed by atoms with E-state index in [9.17, 15) is 0 Å². The van der Waals surface area contributed by atoms with Crippen LogP contribution in [0, 0.1) is 0 Å². The van der Waals surface area contributed by atoms with Crippen LogP contribution in [0.25, 0.3) is 15.7 Å². The zero-order chi connectivity index (χ0) is 9.26. The van der Waals surface area contributed by atoms with Gasteiger partial charge in [-0.15, -0.1) is 12.6 Å². The van der Waals surface area contributed by atoms with Gasteiger partial charge in [0.05, 0.1) is 0 Å². The quantitative estimate of drug-likeness (QED) is 0.644. The van der Waals surface area contributed by atoms with Crippen LogP contribution in [0.3, 0.4) is 0 Å². The molecule has 0 atom stereocenters. The molecular formula is C12H10S. The summed E-state index contributed by atoms with van der Waals surface area (Å²) in [5.41, 5.74) is 1.11. The third-order valence-electron chi connectivity index (χ3n) is 2.10. The van der Waals surface area contributed by atoms with Crippen LogP contribution >= 0.6 is 12.6 Å². The van der Waals surface area contributed by atoms with Gasteiger partial charge in [0.15, 0.2) is 0 Å². The lowest BCUT2D eigenvalue weighted by Gasteiger charge is -2.04. The summed E-state index contributed by atoms with van der Waals surface area (Å²) < 4.78 is 0. The third-order valence-corrected chi connectivity index (χ3v) is 2.34. The Morgan fingerprint density at radius 3 is 2.46 bits per heavy atom. The molecule has 0 saturated heterocycles. The average Bonchev–Trinajstić information content (AvgIpc) is 2.17. The Kier molecular flexibility index (Phi) is 2.11. The molecule has 2 aromatic carbocycles. The topological polar surface area (TPSA) is 0 Å². The minimum absolute atomic E-state index is 0.816. The standard InChI is InChI=1S/C12H10S/c1-9(13)11-8-4-6-10-5-2-3-7-12(10)11/h2-8,13H,1H2. The first kappa shape index (κ1) is 8.39. The second-order valence-corrected chi connectivity index (χ2v) is 3.51. The summed E-state index contributed by atoms with van der Waals surface area (Å²) in [5, 5.41) is 2.44. The normalized spacial score (nSPS) is 10.2. The Hall–Kier alpha value is -1.21. The van der Waals surface area contributed by atoms with E-state index in [1.165, 1.54) is 10.8 Å². The number of benzene rings is 2. The molecular weight excluding hydrogens is 176 g/mol. The van der Waals surface area contributed by atoms with Crippen molar-refractivity contribution in [1.29, 1.82) is 0 Å². The summed E-state index contributed by atoms with van der Waals surface area (Å²) >= 11 is 4.27. The van der Waals surface area contributed by atoms with Gasteiger partial charge in [0.2, 0.25) is 0 Å². The smallest absolute Gasteiger partial charge is 0.00468 e. The molecule has 0 N–H and O–H groups in total. The maximum Gasteiger partial charge on any atom is 0.00468 e. The molecule has 2 aromatic rings. The molecule has 13 heavy (non-hydrogen) atoms. The molecule has 0 nitrogen and oxygen atoms in total. The SMILES string of the molecule is C=C(S)c1cccc2ccccc12. The monoisotopic (exact) mass is 186 g/mol. The predicted octanol–water partition coefficient (Wildman–Crippen LogP) is 3.74.